The van der Waals surface area contributed by atoms with Crippen LogP contribution in [0.15, 0.2) is 24.3 Å². The molecule has 18 heavy (non-hydrogen) atoms. The van der Waals surface area contributed by atoms with Gasteiger partial charge in [-0.3, -0.25) is 0 Å². The van der Waals surface area contributed by atoms with E-state index < -0.39 is 0 Å². The van der Waals surface area contributed by atoms with Gasteiger partial charge in [-0.2, -0.15) is 0 Å². The maximum absolute atomic E-state index is 5.57. The van der Waals surface area contributed by atoms with Crippen LogP contribution in [0.3, 0.4) is 0 Å². The number of ether oxygens (including phenoxy) is 2. The maximum atomic E-state index is 5.57. The second kappa shape index (κ2) is 6.21. The maximum Gasteiger partial charge on any atom is 0.119 e. The fraction of sp³-hybridized carbons (Fsp3) is 0.600. The van der Waals surface area contributed by atoms with E-state index in [4.69, 9.17) is 9.47 Å². The monoisotopic (exact) mass is 249 g/mol. The third-order valence-corrected chi connectivity index (χ3v) is 3.58. The highest BCUT2D eigenvalue weighted by Crippen LogP contribution is 2.27. The zero-order chi connectivity index (χ0) is 13.0. The van der Waals surface area contributed by atoms with Gasteiger partial charge >= 0.3 is 0 Å². The van der Waals surface area contributed by atoms with E-state index in [9.17, 15) is 0 Å². The van der Waals surface area contributed by atoms with Crippen molar-refractivity contribution in [1.29, 1.82) is 0 Å². The van der Waals surface area contributed by atoms with E-state index in [1.807, 2.05) is 12.1 Å². The van der Waals surface area contributed by atoms with E-state index in [-0.39, 0.29) is 0 Å². The Morgan fingerprint density at radius 1 is 1.39 bits per heavy atom. The summed E-state index contributed by atoms with van der Waals surface area (Å²) in [5.41, 5.74) is 1.27. The van der Waals surface area contributed by atoms with Gasteiger partial charge in [-0.1, -0.05) is 12.1 Å². The van der Waals surface area contributed by atoms with Crippen LogP contribution < -0.4 is 10.1 Å². The second-order valence-electron chi connectivity index (χ2n) is 4.91. The molecule has 0 spiro atoms. The Morgan fingerprint density at radius 2 is 2.17 bits per heavy atom. The highest BCUT2D eigenvalue weighted by Gasteiger charge is 2.30. The van der Waals surface area contributed by atoms with Gasteiger partial charge in [0, 0.05) is 18.7 Å². The third kappa shape index (κ3) is 3.24. The SMILES string of the molecule is CCOC1CC(NC(C)c2cccc(OC)c2)C1. The number of hydrogen-bond donors (Lipinski definition) is 1. The Balaban J connectivity index is 1.83. The minimum atomic E-state index is 0.354. The summed E-state index contributed by atoms with van der Waals surface area (Å²) in [5.74, 6) is 0.918. The van der Waals surface area contributed by atoms with Crippen molar-refractivity contribution in [2.75, 3.05) is 13.7 Å². The molecule has 0 saturated heterocycles. The van der Waals surface area contributed by atoms with Crippen LogP contribution in [0, 0.1) is 0 Å². The van der Waals surface area contributed by atoms with Gasteiger partial charge in [0.1, 0.15) is 5.75 Å². The normalized spacial score (nSPS) is 24.4. The highest BCUT2D eigenvalue weighted by atomic mass is 16.5. The summed E-state index contributed by atoms with van der Waals surface area (Å²) < 4.78 is 10.8. The number of benzene rings is 1. The van der Waals surface area contributed by atoms with Crippen LogP contribution in [0.2, 0.25) is 0 Å². The molecule has 0 heterocycles. The van der Waals surface area contributed by atoms with Crippen LogP contribution in [0.25, 0.3) is 0 Å². The summed E-state index contributed by atoms with van der Waals surface area (Å²) in [6.07, 6.45) is 2.72. The fourth-order valence-electron chi connectivity index (χ4n) is 2.43. The first-order valence-electron chi connectivity index (χ1n) is 6.74. The number of hydrogen-bond acceptors (Lipinski definition) is 3. The van der Waals surface area contributed by atoms with Crippen LogP contribution in [-0.2, 0) is 4.74 Å². The van der Waals surface area contributed by atoms with Crippen molar-refractivity contribution >= 4 is 0 Å². The summed E-state index contributed by atoms with van der Waals surface area (Å²) in [4.78, 5) is 0. The zero-order valence-electron chi connectivity index (χ0n) is 11.5. The predicted molar refractivity (Wildman–Crippen MR) is 73.0 cm³/mol. The molecule has 3 heteroatoms. The molecule has 3 nitrogen and oxygen atoms in total. The first-order chi connectivity index (χ1) is 8.72. The summed E-state index contributed by atoms with van der Waals surface area (Å²) in [6, 6.07) is 9.19. The molecular formula is C15H23NO2. The van der Waals surface area contributed by atoms with Crippen molar-refractivity contribution in [2.24, 2.45) is 0 Å². The molecule has 1 unspecified atom stereocenters. The first kappa shape index (κ1) is 13.4. The molecule has 2 rings (SSSR count). The third-order valence-electron chi connectivity index (χ3n) is 3.58. The Labute approximate surface area is 109 Å². The molecule has 0 radical (unpaired) electrons. The first-order valence-corrected chi connectivity index (χ1v) is 6.74. The average Bonchev–Trinajstić information content (AvgIpc) is 2.36. The van der Waals surface area contributed by atoms with Gasteiger partial charge in [0.05, 0.1) is 13.2 Å². The summed E-state index contributed by atoms with van der Waals surface area (Å²) in [6.45, 7) is 5.07. The summed E-state index contributed by atoms with van der Waals surface area (Å²) >= 11 is 0. The molecule has 1 aromatic carbocycles. The van der Waals surface area contributed by atoms with Crippen LogP contribution in [0.5, 0.6) is 5.75 Å². The molecule has 1 aromatic rings. The average molecular weight is 249 g/mol. The molecule has 1 aliphatic carbocycles. The lowest BCUT2D eigenvalue weighted by Gasteiger charge is -2.37. The molecule has 1 saturated carbocycles. The van der Waals surface area contributed by atoms with E-state index in [0.29, 0.717) is 18.2 Å². The molecular weight excluding hydrogens is 226 g/mol. The highest BCUT2D eigenvalue weighted by molar-refractivity contribution is 5.30. The van der Waals surface area contributed by atoms with Crippen molar-refractivity contribution < 1.29 is 9.47 Å². The summed E-state index contributed by atoms with van der Waals surface area (Å²) in [7, 11) is 1.70. The van der Waals surface area contributed by atoms with Gasteiger partial charge in [-0.05, 0) is 44.4 Å². The number of rotatable bonds is 6. The molecule has 0 aliphatic heterocycles. The van der Waals surface area contributed by atoms with Crippen LogP contribution in [0.1, 0.15) is 38.3 Å². The van der Waals surface area contributed by atoms with Crippen molar-refractivity contribution in [3.05, 3.63) is 29.8 Å². The summed E-state index contributed by atoms with van der Waals surface area (Å²) in [5, 5.41) is 3.64. The van der Waals surface area contributed by atoms with E-state index in [1.165, 1.54) is 5.56 Å². The lowest BCUT2D eigenvalue weighted by atomic mass is 9.88. The quantitative estimate of drug-likeness (QED) is 0.841. The smallest absolute Gasteiger partial charge is 0.119 e. The Morgan fingerprint density at radius 3 is 2.83 bits per heavy atom. The molecule has 0 amide bonds. The molecule has 100 valence electrons. The molecule has 1 N–H and O–H groups in total. The second-order valence-corrected chi connectivity index (χ2v) is 4.91. The molecule has 1 atom stereocenters. The van der Waals surface area contributed by atoms with E-state index in [0.717, 1.165) is 25.2 Å². The fourth-order valence-corrected chi connectivity index (χ4v) is 2.43. The van der Waals surface area contributed by atoms with E-state index in [1.54, 1.807) is 7.11 Å². The van der Waals surface area contributed by atoms with Gasteiger partial charge in [-0.15, -0.1) is 0 Å². The van der Waals surface area contributed by atoms with Crippen molar-refractivity contribution in [1.82, 2.24) is 5.32 Å². The topological polar surface area (TPSA) is 30.5 Å². The zero-order valence-corrected chi connectivity index (χ0v) is 11.5. The Kier molecular flexibility index (Phi) is 4.61. The Hall–Kier alpha value is -1.06. The van der Waals surface area contributed by atoms with Gasteiger partial charge in [-0.25, -0.2) is 0 Å². The van der Waals surface area contributed by atoms with Gasteiger partial charge in [0.2, 0.25) is 0 Å². The predicted octanol–water partition coefficient (Wildman–Crippen LogP) is 2.91. The number of methoxy groups -OCH3 is 1. The van der Waals surface area contributed by atoms with Gasteiger partial charge in [0.25, 0.3) is 0 Å². The van der Waals surface area contributed by atoms with Crippen molar-refractivity contribution in [3.8, 4) is 5.75 Å². The van der Waals surface area contributed by atoms with Crippen molar-refractivity contribution in [3.63, 3.8) is 0 Å². The standard InChI is InChI=1S/C15H23NO2/c1-4-18-15-9-13(10-15)16-11(2)12-6-5-7-14(8-12)17-3/h5-8,11,13,15-16H,4,9-10H2,1-3H3. The van der Waals surface area contributed by atoms with Crippen LogP contribution in [-0.4, -0.2) is 25.9 Å². The Bertz CT molecular complexity index is 375. The van der Waals surface area contributed by atoms with Crippen molar-refractivity contribution in [2.45, 2.75) is 44.9 Å². The van der Waals surface area contributed by atoms with E-state index >= 15 is 0 Å². The van der Waals surface area contributed by atoms with E-state index in [2.05, 4.69) is 31.3 Å². The van der Waals surface area contributed by atoms with Crippen LogP contribution >= 0.6 is 0 Å². The molecule has 1 fully saturated rings. The molecule has 0 aromatic heterocycles. The van der Waals surface area contributed by atoms with Gasteiger partial charge in [0.15, 0.2) is 0 Å². The lowest BCUT2D eigenvalue weighted by Crippen LogP contribution is -2.46. The minimum absolute atomic E-state index is 0.354. The van der Waals surface area contributed by atoms with Gasteiger partial charge < -0.3 is 14.8 Å². The minimum Gasteiger partial charge on any atom is -0.497 e. The largest absolute Gasteiger partial charge is 0.497 e. The van der Waals surface area contributed by atoms with Crippen LogP contribution in [0.4, 0.5) is 0 Å². The lowest BCUT2D eigenvalue weighted by molar-refractivity contribution is -0.0120. The number of nitrogens with one attached hydrogen (secondary N) is 1. The molecule has 0 bridgehead atoms. The molecule has 1 aliphatic rings.